The van der Waals surface area contributed by atoms with Crippen molar-refractivity contribution in [2.45, 2.75) is 13.3 Å². The number of esters is 1. The van der Waals surface area contributed by atoms with Crippen molar-refractivity contribution in [1.29, 1.82) is 0 Å². The summed E-state index contributed by atoms with van der Waals surface area (Å²) in [7, 11) is 1.64. The van der Waals surface area contributed by atoms with Crippen LogP contribution in [0.25, 0.3) is 0 Å². The van der Waals surface area contributed by atoms with Crippen LogP contribution in [0, 0.1) is 0 Å². The zero-order valence-corrected chi connectivity index (χ0v) is 10.1. The van der Waals surface area contributed by atoms with E-state index in [9.17, 15) is 9.59 Å². The van der Waals surface area contributed by atoms with E-state index in [2.05, 4.69) is 4.74 Å². The normalized spacial score (nSPS) is 10.0. The van der Waals surface area contributed by atoms with E-state index in [1.807, 2.05) is 12.1 Å². The maximum Gasteiger partial charge on any atom is 0.379 e. The molecule has 92 valence electrons. The lowest BCUT2D eigenvalue weighted by Crippen LogP contribution is -2.17. The van der Waals surface area contributed by atoms with Crippen molar-refractivity contribution in [2.24, 2.45) is 0 Å². The van der Waals surface area contributed by atoms with Gasteiger partial charge in [0.05, 0.1) is 13.2 Å². The summed E-state index contributed by atoms with van der Waals surface area (Å²) in [4.78, 5) is 22.8. The molecule has 1 rings (SSSR count). The summed E-state index contributed by atoms with van der Waals surface area (Å²) >= 11 is 0. The molecule has 0 aliphatic carbocycles. The molecule has 0 spiro atoms. The Hall–Kier alpha value is -1.68. The van der Waals surface area contributed by atoms with Crippen LogP contribution in [0.3, 0.4) is 0 Å². The van der Waals surface area contributed by atoms with Crippen LogP contribution in [-0.4, -0.2) is 32.1 Å². The highest BCUT2D eigenvalue weighted by atomic mass is 16.5. The Morgan fingerprint density at radius 2 is 1.82 bits per heavy atom. The van der Waals surface area contributed by atoms with Crippen molar-refractivity contribution < 1.29 is 19.1 Å². The molecular weight excluding hydrogens is 220 g/mol. The van der Waals surface area contributed by atoms with Crippen LogP contribution in [0.1, 0.15) is 22.8 Å². The Morgan fingerprint density at radius 3 is 2.35 bits per heavy atom. The predicted octanol–water partition coefficient (Wildman–Crippen LogP) is 1.62. The molecule has 0 N–H and O–H groups in total. The van der Waals surface area contributed by atoms with Crippen LogP contribution in [0.5, 0.6) is 0 Å². The molecule has 4 nitrogen and oxygen atoms in total. The van der Waals surface area contributed by atoms with E-state index in [-0.39, 0.29) is 6.61 Å². The second-order valence-electron chi connectivity index (χ2n) is 3.49. The predicted molar refractivity (Wildman–Crippen MR) is 63.0 cm³/mol. The van der Waals surface area contributed by atoms with Gasteiger partial charge in [-0.05, 0) is 18.9 Å². The molecule has 0 aliphatic rings. The first-order valence-corrected chi connectivity index (χ1v) is 5.48. The summed E-state index contributed by atoms with van der Waals surface area (Å²) in [5.74, 6) is -1.41. The molecule has 0 atom stereocenters. The lowest BCUT2D eigenvalue weighted by Gasteiger charge is -2.03. The average molecular weight is 236 g/mol. The van der Waals surface area contributed by atoms with Crippen molar-refractivity contribution in [3.63, 3.8) is 0 Å². The van der Waals surface area contributed by atoms with Crippen molar-refractivity contribution in [3.05, 3.63) is 35.4 Å². The molecule has 0 heterocycles. The Bertz CT molecular complexity index is 381. The number of methoxy groups -OCH3 is 1. The van der Waals surface area contributed by atoms with Gasteiger partial charge in [0.25, 0.3) is 5.78 Å². The molecular formula is C13H16O4. The second-order valence-corrected chi connectivity index (χ2v) is 3.49. The van der Waals surface area contributed by atoms with Gasteiger partial charge in [-0.2, -0.15) is 0 Å². The summed E-state index contributed by atoms with van der Waals surface area (Å²) in [5, 5.41) is 0. The molecule has 0 saturated carbocycles. The summed E-state index contributed by atoms with van der Waals surface area (Å²) in [6.07, 6.45) is 0.782. The fourth-order valence-electron chi connectivity index (χ4n) is 1.36. The maximum atomic E-state index is 11.6. The van der Waals surface area contributed by atoms with Crippen molar-refractivity contribution in [2.75, 3.05) is 20.3 Å². The van der Waals surface area contributed by atoms with Gasteiger partial charge >= 0.3 is 5.97 Å². The molecule has 1 aromatic carbocycles. The average Bonchev–Trinajstić information content (AvgIpc) is 2.36. The van der Waals surface area contributed by atoms with E-state index < -0.39 is 11.8 Å². The molecule has 1 aromatic rings. The third-order valence-electron chi connectivity index (χ3n) is 2.27. The SMILES string of the molecule is CCOC(=O)C(=O)c1ccc(CCOC)cc1. The maximum absolute atomic E-state index is 11.6. The fraction of sp³-hybridized carbons (Fsp3) is 0.385. The summed E-state index contributed by atoms with van der Waals surface area (Å²) < 4.78 is 9.60. The first-order chi connectivity index (χ1) is 8.19. The molecule has 0 saturated heterocycles. The van der Waals surface area contributed by atoms with Crippen LogP contribution < -0.4 is 0 Å². The molecule has 0 aromatic heterocycles. The van der Waals surface area contributed by atoms with Crippen molar-refractivity contribution in [3.8, 4) is 0 Å². The van der Waals surface area contributed by atoms with Crippen molar-refractivity contribution in [1.82, 2.24) is 0 Å². The molecule has 17 heavy (non-hydrogen) atoms. The third kappa shape index (κ3) is 4.00. The number of ether oxygens (including phenoxy) is 2. The number of hydrogen-bond acceptors (Lipinski definition) is 4. The van der Waals surface area contributed by atoms with E-state index in [1.54, 1.807) is 26.2 Å². The third-order valence-corrected chi connectivity index (χ3v) is 2.27. The molecule has 0 bridgehead atoms. The summed E-state index contributed by atoms with van der Waals surface area (Å²) in [5.41, 5.74) is 1.41. The molecule has 0 fully saturated rings. The first-order valence-electron chi connectivity index (χ1n) is 5.48. The van der Waals surface area contributed by atoms with E-state index in [1.165, 1.54) is 0 Å². The largest absolute Gasteiger partial charge is 0.460 e. The fourth-order valence-corrected chi connectivity index (χ4v) is 1.36. The zero-order valence-electron chi connectivity index (χ0n) is 10.1. The smallest absolute Gasteiger partial charge is 0.379 e. The number of Topliss-reactive ketones (excluding diaryl/α,β-unsaturated/α-hetero) is 1. The summed E-state index contributed by atoms with van der Waals surface area (Å²) in [6.45, 7) is 2.50. The Labute approximate surface area is 101 Å². The lowest BCUT2D eigenvalue weighted by molar-refractivity contribution is -0.137. The Morgan fingerprint density at radius 1 is 1.18 bits per heavy atom. The van der Waals surface area contributed by atoms with Gasteiger partial charge in [0, 0.05) is 12.7 Å². The minimum absolute atomic E-state index is 0.205. The highest BCUT2D eigenvalue weighted by Gasteiger charge is 2.16. The van der Waals surface area contributed by atoms with Gasteiger partial charge in [0.2, 0.25) is 0 Å². The van der Waals surface area contributed by atoms with Gasteiger partial charge in [0.15, 0.2) is 0 Å². The molecule has 4 heteroatoms. The van der Waals surface area contributed by atoms with E-state index in [0.29, 0.717) is 12.2 Å². The standard InChI is InChI=1S/C13H16O4/c1-3-17-13(15)12(14)11-6-4-10(5-7-11)8-9-16-2/h4-7H,3,8-9H2,1-2H3. The van der Waals surface area contributed by atoms with E-state index in [4.69, 9.17) is 4.74 Å². The first kappa shape index (κ1) is 13.4. The minimum atomic E-state index is -0.808. The number of ketones is 1. The number of benzene rings is 1. The Balaban J connectivity index is 2.67. The molecule has 0 unspecified atom stereocenters. The lowest BCUT2D eigenvalue weighted by atomic mass is 10.1. The number of rotatable bonds is 6. The number of carbonyl (C=O) groups is 2. The van der Waals surface area contributed by atoms with E-state index >= 15 is 0 Å². The van der Waals surface area contributed by atoms with Gasteiger partial charge in [-0.3, -0.25) is 4.79 Å². The highest BCUT2D eigenvalue weighted by Crippen LogP contribution is 2.07. The quantitative estimate of drug-likeness (QED) is 0.428. The zero-order chi connectivity index (χ0) is 12.7. The van der Waals surface area contributed by atoms with Crippen LogP contribution >= 0.6 is 0 Å². The number of carbonyl (C=O) groups excluding carboxylic acids is 2. The Kier molecular flexibility index (Phi) is 5.36. The molecule has 0 aliphatic heterocycles. The van der Waals surface area contributed by atoms with Crippen LogP contribution in [-0.2, 0) is 20.7 Å². The summed E-state index contributed by atoms with van der Waals surface area (Å²) in [6, 6.07) is 6.88. The number of hydrogen-bond donors (Lipinski definition) is 0. The van der Waals surface area contributed by atoms with Crippen molar-refractivity contribution >= 4 is 11.8 Å². The van der Waals surface area contributed by atoms with E-state index in [0.717, 1.165) is 12.0 Å². The van der Waals surface area contributed by atoms with Crippen LogP contribution in [0.2, 0.25) is 0 Å². The van der Waals surface area contributed by atoms with Gasteiger partial charge < -0.3 is 9.47 Å². The molecule has 0 radical (unpaired) electrons. The topological polar surface area (TPSA) is 52.6 Å². The highest BCUT2D eigenvalue weighted by molar-refractivity contribution is 6.40. The minimum Gasteiger partial charge on any atom is -0.460 e. The van der Waals surface area contributed by atoms with Gasteiger partial charge in [-0.15, -0.1) is 0 Å². The van der Waals surface area contributed by atoms with Gasteiger partial charge in [-0.25, -0.2) is 4.79 Å². The van der Waals surface area contributed by atoms with Gasteiger partial charge in [0.1, 0.15) is 0 Å². The van der Waals surface area contributed by atoms with Crippen LogP contribution in [0.15, 0.2) is 24.3 Å². The monoisotopic (exact) mass is 236 g/mol. The molecule has 0 amide bonds. The second kappa shape index (κ2) is 6.81. The van der Waals surface area contributed by atoms with Gasteiger partial charge in [-0.1, -0.05) is 24.3 Å². The van der Waals surface area contributed by atoms with Crippen LogP contribution in [0.4, 0.5) is 0 Å².